The van der Waals surface area contributed by atoms with Gasteiger partial charge in [-0.25, -0.2) is 9.97 Å². The first-order chi connectivity index (χ1) is 10.0. The molecule has 1 aromatic rings. The van der Waals surface area contributed by atoms with Gasteiger partial charge in [0.1, 0.15) is 17.5 Å². The summed E-state index contributed by atoms with van der Waals surface area (Å²) in [5.41, 5.74) is 1.15. The summed E-state index contributed by atoms with van der Waals surface area (Å²) in [5, 5.41) is 3.36. The first-order valence-electron chi connectivity index (χ1n) is 8.04. The normalized spacial score (nSPS) is 11.0. The van der Waals surface area contributed by atoms with E-state index < -0.39 is 0 Å². The molecule has 120 valence electrons. The molecule has 1 N–H and O–H groups in total. The third-order valence-electron chi connectivity index (χ3n) is 3.54. The number of nitrogens with one attached hydrogen (secondary N) is 1. The van der Waals surface area contributed by atoms with E-state index in [0.717, 1.165) is 62.0 Å². The van der Waals surface area contributed by atoms with Crippen LogP contribution in [0.4, 0.5) is 11.6 Å². The Balaban J connectivity index is 2.98. The molecule has 1 aromatic heterocycles. The molecule has 5 nitrogen and oxygen atoms in total. The van der Waals surface area contributed by atoms with Crippen LogP contribution in [0.1, 0.15) is 38.6 Å². The molecule has 0 amide bonds. The average Bonchev–Trinajstić information content (AvgIpc) is 2.46. The number of hydrogen-bond acceptors (Lipinski definition) is 5. The summed E-state index contributed by atoms with van der Waals surface area (Å²) in [6.07, 6.45) is 2.00. The molecule has 0 saturated heterocycles. The molecule has 1 heterocycles. The van der Waals surface area contributed by atoms with E-state index in [1.165, 1.54) is 0 Å². The highest BCUT2D eigenvalue weighted by molar-refractivity contribution is 5.58. The summed E-state index contributed by atoms with van der Waals surface area (Å²) in [4.78, 5) is 14.0. The zero-order valence-corrected chi connectivity index (χ0v) is 14.5. The van der Waals surface area contributed by atoms with Gasteiger partial charge in [0.25, 0.3) is 0 Å². The van der Waals surface area contributed by atoms with Crippen molar-refractivity contribution in [2.45, 2.75) is 40.5 Å². The minimum Gasteiger partial charge on any atom is -0.370 e. The van der Waals surface area contributed by atoms with Crippen molar-refractivity contribution in [2.24, 2.45) is 0 Å². The Bertz CT molecular complexity index is 431. The minimum atomic E-state index is 0.862. The van der Waals surface area contributed by atoms with Crippen LogP contribution in [0.5, 0.6) is 0 Å². The lowest BCUT2D eigenvalue weighted by Crippen LogP contribution is -2.29. The Morgan fingerprint density at radius 1 is 1.05 bits per heavy atom. The standard InChI is InChI=1S/C16H31N5/c1-7-14-18-15(17-8-2)13(4)16(19-14)21(9-3)12-10-11-20(5)6/h7-12H2,1-6H3,(H,17,18,19). The molecular formula is C16H31N5. The van der Waals surface area contributed by atoms with E-state index in [9.17, 15) is 0 Å². The van der Waals surface area contributed by atoms with Crippen molar-refractivity contribution in [3.63, 3.8) is 0 Å². The lowest BCUT2D eigenvalue weighted by Gasteiger charge is -2.26. The Kier molecular flexibility index (Phi) is 7.43. The molecule has 0 bridgehead atoms. The SMILES string of the molecule is CCNc1nc(CC)nc(N(CC)CCCN(C)C)c1C. The maximum Gasteiger partial charge on any atom is 0.137 e. The number of rotatable bonds is 9. The zero-order valence-electron chi connectivity index (χ0n) is 14.5. The predicted molar refractivity (Wildman–Crippen MR) is 91.4 cm³/mol. The molecule has 0 aliphatic rings. The predicted octanol–water partition coefficient (Wildman–Crippen LogP) is 2.56. The van der Waals surface area contributed by atoms with Gasteiger partial charge in [-0.05, 0) is 47.8 Å². The molecule has 0 unspecified atom stereocenters. The zero-order chi connectivity index (χ0) is 15.8. The quantitative estimate of drug-likeness (QED) is 0.758. The lowest BCUT2D eigenvalue weighted by atomic mass is 10.2. The van der Waals surface area contributed by atoms with Gasteiger partial charge < -0.3 is 15.1 Å². The van der Waals surface area contributed by atoms with Crippen LogP contribution in [0, 0.1) is 6.92 Å². The Morgan fingerprint density at radius 3 is 2.29 bits per heavy atom. The van der Waals surface area contributed by atoms with Crippen LogP contribution in [0.15, 0.2) is 0 Å². The number of anilines is 2. The maximum atomic E-state index is 4.76. The largest absolute Gasteiger partial charge is 0.370 e. The highest BCUT2D eigenvalue weighted by Gasteiger charge is 2.15. The Morgan fingerprint density at radius 2 is 1.76 bits per heavy atom. The highest BCUT2D eigenvalue weighted by Crippen LogP contribution is 2.24. The van der Waals surface area contributed by atoms with Crippen molar-refractivity contribution in [3.8, 4) is 0 Å². The van der Waals surface area contributed by atoms with Gasteiger partial charge in [-0.1, -0.05) is 6.92 Å². The molecule has 0 spiro atoms. The van der Waals surface area contributed by atoms with Crippen LogP contribution in [-0.2, 0) is 6.42 Å². The van der Waals surface area contributed by atoms with Crippen molar-refractivity contribution in [1.82, 2.24) is 14.9 Å². The van der Waals surface area contributed by atoms with Gasteiger partial charge in [-0.2, -0.15) is 0 Å². The van der Waals surface area contributed by atoms with Gasteiger partial charge in [0.05, 0.1) is 0 Å². The van der Waals surface area contributed by atoms with Crippen molar-refractivity contribution in [3.05, 3.63) is 11.4 Å². The van der Waals surface area contributed by atoms with E-state index in [-0.39, 0.29) is 0 Å². The van der Waals surface area contributed by atoms with Crippen LogP contribution in [-0.4, -0.2) is 55.1 Å². The molecular weight excluding hydrogens is 262 g/mol. The molecule has 0 radical (unpaired) electrons. The molecule has 0 atom stereocenters. The second-order valence-electron chi connectivity index (χ2n) is 5.56. The van der Waals surface area contributed by atoms with E-state index in [2.05, 4.69) is 61.9 Å². The molecule has 0 aliphatic carbocycles. The molecule has 0 aromatic carbocycles. The molecule has 21 heavy (non-hydrogen) atoms. The van der Waals surface area contributed by atoms with E-state index in [1.807, 2.05) is 0 Å². The van der Waals surface area contributed by atoms with Crippen LogP contribution >= 0.6 is 0 Å². The highest BCUT2D eigenvalue weighted by atomic mass is 15.2. The van der Waals surface area contributed by atoms with Crippen molar-refractivity contribution in [1.29, 1.82) is 0 Å². The number of aryl methyl sites for hydroxylation is 1. The minimum absolute atomic E-state index is 0.862. The van der Waals surface area contributed by atoms with Gasteiger partial charge in [-0.3, -0.25) is 0 Å². The van der Waals surface area contributed by atoms with Crippen LogP contribution in [0.3, 0.4) is 0 Å². The third-order valence-corrected chi connectivity index (χ3v) is 3.54. The smallest absolute Gasteiger partial charge is 0.137 e. The second-order valence-corrected chi connectivity index (χ2v) is 5.56. The van der Waals surface area contributed by atoms with Gasteiger partial charge in [0.2, 0.25) is 0 Å². The fourth-order valence-corrected chi connectivity index (χ4v) is 2.35. The van der Waals surface area contributed by atoms with Crippen molar-refractivity contribution >= 4 is 11.6 Å². The summed E-state index contributed by atoms with van der Waals surface area (Å²) in [7, 11) is 4.23. The summed E-state index contributed by atoms with van der Waals surface area (Å²) in [6, 6.07) is 0. The van der Waals surface area contributed by atoms with Gasteiger partial charge in [0.15, 0.2) is 0 Å². The first kappa shape index (κ1) is 17.7. The van der Waals surface area contributed by atoms with Crippen LogP contribution < -0.4 is 10.2 Å². The van der Waals surface area contributed by atoms with Gasteiger partial charge in [0, 0.05) is 31.6 Å². The number of nitrogens with zero attached hydrogens (tertiary/aromatic N) is 4. The fraction of sp³-hybridized carbons (Fsp3) is 0.750. The third kappa shape index (κ3) is 5.16. The molecule has 5 heteroatoms. The molecule has 1 rings (SSSR count). The Hall–Kier alpha value is -1.36. The lowest BCUT2D eigenvalue weighted by molar-refractivity contribution is 0.400. The van der Waals surface area contributed by atoms with Gasteiger partial charge in [-0.15, -0.1) is 0 Å². The first-order valence-corrected chi connectivity index (χ1v) is 8.04. The average molecular weight is 293 g/mol. The maximum absolute atomic E-state index is 4.76. The summed E-state index contributed by atoms with van der Waals surface area (Å²) in [5.74, 6) is 2.97. The van der Waals surface area contributed by atoms with Crippen molar-refractivity contribution in [2.75, 3.05) is 50.5 Å². The van der Waals surface area contributed by atoms with E-state index in [0.29, 0.717) is 0 Å². The number of aromatic nitrogens is 2. The summed E-state index contributed by atoms with van der Waals surface area (Å²) >= 11 is 0. The molecule has 0 fully saturated rings. The summed E-state index contributed by atoms with van der Waals surface area (Å²) < 4.78 is 0. The monoisotopic (exact) mass is 293 g/mol. The fourth-order valence-electron chi connectivity index (χ4n) is 2.35. The van der Waals surface area contributed by atoms with Crippen LogP contribution in [0.2, 0.25) is 0 Å². The number of hydrogen-bond donors (Lipinski definition) is 1. The van der Waals surface area contributed by atoms with Crippen LogP contribution in [0.25, 0.3) is 0 Å². The van der Waals surface area contributed by atoms with E-state index >= 15 is 0 Å². The summed E-state index contributed by atoms with van der Waals surface area (Å²) in [6.45, 7) is 12.5. The van der Waals surface area contributed by atoms with Crippen molar-refractivity contribution < 1.29 is 0 Å². The van der Waals surface area contributed by atoms with Gasteiger partial charge >= 0.3 is 0 Å². The molecule has 0 aliphatic heterocycles. The second kappa shape index (κ2) is 8.82. The topological polar surface area (TPSA) is 44.3 Å². The van der Waals surface area contributed by atoms with E-state index in [4.69, 9.17) is 4.98 Å². The Labute approximate surface area is 129 Å². The molecule has 0 saturated carbocycles. The van der Waals surface area contributed by atoms with E-state index in [1.54, 1.807) is 0 Å².